The Morgan fingerprint density at radius 2 is 1.74 bits per heavy atom. The molecule has 0 aromatic heterocycles. The number of para-hydroxylation sites is 1. The molecule has 0 radical (unpaired) electrons. The van der Waals surface area contributed by atoms with Crippen LogP contribution in [0.3, 0.4) is 0 Å². The van der Waals surface area contributed by atoms with E-state index in [1.54, 1.807) is 17.8 Å². The fraction of sp³-hybridized carbons (Fsp3) is 0.143. The van der Waals surface area contributed by atoms with Gasteiger partial charge in [0.2, 0.25) is 0 Å². The molecule has 2 rings (SSSR count). The number of hydrogen-bond donors (Lipinski definition) is 1. The van der Waals surface area contributed by atoms with E-state index in [-0.39, 0.29) is 0 Å². The highest BCUT2D eigenvalue weighted by atomic mass is 35.5. The minimum atomic E-state index is 0.700. The van der Waals surface area contributed by atoms with Gasteiger partial charge in [0.25, 0.3) is 0 Å². The summed E-state index contributed by atoms with van der Waals surface area (Å²) in [6, 6.07) is 13.2. The van der Waals surface area contributed by atoms with Gasteiger partial charge in [0.05, 0.1) is 15.7 Å². The van der Waals surface area contributed by atoms with Crippen molar-refractivity contribution in [3.05, 3.63) is 57.5 Å². The Kier molecular flexibility index (Phi) is 5.71. The Morgan fingerprint density at radius 1 is 0.947 bits per heavy atom. The van der Waals surface area contributed by atoms with E-state index in [4.69, 9.17) is 34.8 Å². The van der Waals surface area contributed by atoms with Crippen molar-refractivity contribution in [2.24, 2.45) is 0 Å². The first-order valence-corrected chi connectivity index (χ1v) is 7.85. The van der Waals surface area contributed by atoms with Gasteiger partial charge in [-0.05, 0) is 30.3 Å². The van der Waals surface area contributed by atoms with Gasteiger partial charge in [-0.2, -0.15) is 0 Å². The fourth-order valence-corrected chi connectivity index (χ4v) is 3.10. The van der Waals surface area contributed by atoms with Gasteiger partial charge in [-0.1, -0.05) is 46.9 Å². The Hall–Kier alpha value is -0.540. The van der Waals surface area contributed by atoms with Crippen molar-refractivity contribution in [2.75, 3.05) is 17.6 Å². The summed E-state index contributed by atoms with van der Waals surface area (Å²) in [6.07, 6.45) is 0. The first-order chi connectivity index (χ1) is 9.16. The topological polar surface area (TPSA) is 12.0 Å². The average Bonchev–Trinajstić information content (AvgIpc) is 2.40. The zero-order valence-corrected chi connectivity index (χ0v) is 13.1. The lowest BCUT2D eigenvalue weighted by Crippen LogP contribution is -2.04. The SMILES string of the molecule is Clc1ccc(Cl)c(SCCNc2ccccc2Cl)c1. The minimum Gasteiger partial charge on any atom is -0.383 e. The molecule has 0 fully saturated rings. The number of hydrogen-bond acceptors (Lipinski definition) is 2. The van der Waals surface area contributed by atoms with Gasteiger partial charge in [0.15, 0.2) is 0 Å². The molecule has 1 N–H and O–H groups in total. The standard InChI is InChI=1S/C14H12Cl3NS/c15-10-5-6-12(17)14(9-10)19-8-7-18-13-4-2-1-3-11(13)16/h1-6,9,18H,7-8H2. The molecule has 0 heterocycles. The first kappa shape index (κ1) is 14.9. The number of anilines is 1. The third-order valence-electron chi connectivity index (χ3n) is 2.44. The number of nitrogens with one attached hydrogen (secondary N) is 1. The molecule has 5 heteroatoms. The molecule has 0 unspecified atom stereocenters. The highest BCUT2D eigenvalue weighted by molar-refractivity contribution is 7.99. The summed E-state index contributed by atoms with van der Waals surface area (Å²) in [5.74, 6) is 0.880. The fourth-order valence-electron chi connectivity index (χ4n) is 1.54. The Bertz CT molecular complexity index is 560. The molecule has 0 aliphatic heterocycles. The predicted octanol–water partition coefficient (Wildman–Crippen LogP) is 5.85. The lowest BCUT2D eigenvalue weighted by molar-refractivity contribution is 1.22. The second kappa shape index (κ2) is 7.30. The summed E-state index contributed by atoms with van der Waals surface area (Å²) >= 11 is 19.8. The van der Waals surface area contributed by atoms with Gasteiger partial charge in [0.1, 0.15) is 0 Å². The molecule has 0 bridgehead atoms. The number of halogens is 3. The normalized spacial score (nSPS) is 10.5. The molecule has 19 heavy (non-hydrogen) atoms. The van der Waals surface area contributed by atoms with Crippen LogP contribution >= 0.6 is 46.6 Å². The Balaban J connectivity index is 1.84. The molecule has 2 aromatic carbocycles. The summed E-state index contributed by atoms with van der Waals surface area (Å²) < 4.78 is 0. The average molecular weight is 333 g/mol. The number of rotatable bonds is 5. The third-order valence-corrected chi connectivity index (χ3v) is 4.51. The van der Waals surface area contributed by atoms with E-state index in [0.717, 1.165) is 32.9 Å². The van der Waals surface area contributed by atoms with Crippen molar-refractivity contribution in [1.82, 2.24) is 0 Å². The molecular formula is C14H12Cl3NS. The van der Waals surface area contributed by atoms with Crippen molar-refractivity contribution in [3.8, 4) is 0 Å². The van der Waals surface area contributed by atoms with Crippen LogP contribution in [-0.4, -0.2) is 12.3 Å². The number of benzene rings is 2. The van der Waals surface area contributed by atoms with Gasteiger partial charge >= 0.3 is 0 Å². The van der Waals surface area contributed by atoms with E-state index in [2.05, 4.69) is 5.32 Å². The largest absolute Gasteiger partial charge is 0.383 e. The predicted molar refractivity (Wildman–Crippen MR) is 87.1 cm³/mol. The van der Waals surface area contributed by atoms with Crippen molar-refractivity contribution in [2.45, 2.75) is 4.90 Å². The second-order valence-corrected chi connectivity index (χ2v) is 6.22. The van der Waals surface area contributed by atoms with E-state index < -0.39 is 0 Å². The minimum absolute atomic E-state index is 0.700. The molecule has 0 aliphatic rings. The molecular weight excluding hydrogens is 321 g/mol. The second-order valence-electron chi connectivity index (χ2n) is 3.83. The van der Waals surface area contributed by atoms with Crippen LogP contribution in [0.5, 0.6) is 0 Å². The van der Waals surface area contributed by atoms with Crippen molar-refractivity contribution in [3.63, 3.8) is 0 Å². The molecule has 0 saturated carbocycles. The van der Waals surface area contributed by atoms with Gasteiger partial charge in [-0.3, -0.25) is 0 Å². The van der Waals surface area contributed by atoms with Gasteiger partial charge in [-0.15, -0.1) is 11.8 Å². The Morgan fingerprint density at radius 3 is 2.53 bits per heavy atom. The Labute approximate surface area is 132 Å². The molecule has 0 saturated heterocycles. The van der Waals surface area contributed by atoms with Crippen LogP contribution in [0.1, 0.15) is 0 Å². The number of thioether (sulfide) groups is 1. The molecule has 1 nitrogen and oxygen atoms in total. The quantitative estimate of drug-likeness (QED) is 0.544. The van der Waals surface area contributed by atoms with Crippen molar-refractivity contribution < 1.29 is 0 Å². The van der Waals surface area contributed by atoms with E-state index in [1.807, 2.05) is 36.4 Å². The summed E-state index contributed by atoms with van der Waals surface area (Å²) in [4.78, 5) is 0.995. The highest BCUT2D eigenvalue weighted by Crippen LogP contribution is 2.29. The molecule has 100 valence electrons. The summed E-state index contributed by atoms with van der Waals surface area (Å²) in [5, 5.41) is 5.45. The molecule has 0 atom stereocenters. The molecule has 2 aromatic rings. The molecule has 0 spiro atoms. The smallest absolute Gasteiger partial charge is 0.0637 e. The van der Waals surface area contributed by atoms with E-state index in [9.17, 15) is 0 Å². The zero-order valence-electron chi connectivity index (χ0n) is 10.00. The van der Waals surface area contributed by atoms with Crippen LogP contribution in [0.15, 0.2) is 47.4 Å². The lowest BCUT2D eigenvalue weighted by Gasteiger charge is -2.08. The zero-order chi connectivity index (χ0) is 13.7. The van der Waals surface area contributed by atoms with Crippen LogP contribution in [0, 0.1) is 0 Å². The van der Waals surface area contributed by atoms with Crippen LogP contribution in [0.2, 0.25) is 15.1 Å². The summed E-state index contributed by atoms with van der Waals surface area (Å²) in [7, 11) is 0. The van der Waals surface area contributed by atoms with Gasteiger partial charge < -0.3 is 5.32 Å². The lowest BCUT2D eigenvalue weighted by atomic mass is 10.3. The monoisotopic (exact) mass is 331 g/mol. The first-order valence-electron chi connectivity index (χ1n) is 5.73. The van der Waals surface area contributed by atoms with Gasteiger partial charge in [-0.25, -0.2) is 0 Å². The van der Waals surface area contributed by atoms with Crippen LogP contribution < -0.4 is 5.32 Å². The van der Waals surface area contributed by atoms with E-state index in [0.29, 0.717) is 5.02 Å². The van der Waals surface area contributed by atoms with Crippen LogP contribution in [-0.2, 0) is 0 Å². The van der Waals surface area contributed by atoms with E-state index in [1.165, 1.54) is 0 Å². The van der Waals surface area contributed by atoms with E-state index >= 15 is 0 Å². The van der Waals surface area contributed by atoms with Gasteiger partial charge in [0, 0.05) is 22.2 Å². The maximum Gasteiger partial charge on any atom is 0.0637 e. The summed E-state index contributed by atoms with van der Waals surface area (Å²) in [6.45, 7) is 0.803. The summed E-state index contributed by atoms with van der Waals surface area (Å²) in [5.41, 5.74) is 0.946. The highest BCUT2D eigenvalue weighted by Gasteiger charge is 2.02. The van der Waals surface area contributed by atoms with Crippen molar-refractivity contribution in [1.29, 1.82) is 0 Å². The molecule has 0 aliphatic carbocycles. The van der Waals surface area contributed by atoms with Crippen LogP contribution in [0.4, 0.5) is 5.69 Å². The van der Waals surface area contributed by atoms with Crippen LogP contribution in [0.25, 0.3) is 0 Å². The maximum absolute atomic E-state index is 6.10. The van der Waals surface area contributed by atoms with Crippen molar-refractivity contribution >= 4 is 52.3 Å². The maximum atomic E-state index is 6.10. The molecule has 0 amide bonds. The third kappa shape index (κ3) is 4.50.